The van der Waals surface area contributed by atoms with Crippen LogP contribution in [0, 0.1) is 0 Å². The Morgan fingerprint density at radius 3 is 2.07 bits per heavy atom. The van der Waals surface area contributed by atoms with Crippen LogP contribution in [0.3, 0.4) is 0 Å². The van der Waals surface area contributed by atoms with Crippen LogP contribution in [0.25, 0.3) is 0 Å². The number of hydrogen-bond acceptors (Lipinski definition) is 4. The van der Waals surface area contributed by atoms with E-state index < -0.39 is 0 Å². The van der Waals surface area contributed by atoms with Crippen molar-refractivity contribution in [2.45, 2.75) is 33.1 Å². The van der Waals surface area contributed by atoms with Gasteiger partial charge >= 0.3 is 0 Å². The van der Waals surface area contributed by atoms with Crippen LogP contribution in [-0.4, -0.2) is 26.0 Å². The first kappa shape index (κ1) is 24.0. The second kappa shape index (κ2) is 14.0. The molecule has 4 nitrogen and oxygen atoms in total. The monoisotopic (exact) mass is 453 g/mol. The van der Waals surface area contributed by atoms with E-state index in [0.717, 1.165) is 35.5 Å². The Morgan fingerprint density at radius 2 is 1.52 bits per heavy atom. The van der Waals surface area contributed by atoms with Gasteiger partial charge in [0.25, 0.3) is 0 Å². The molecule has 0 amide bonds. The summed E-state index contributed by atoms with van der Waals surface area (Å²) in [4.78, 5) is 4.99. The average molecular weight is 455 g/mol. The van der Waals surface area contributed by atoms with E-state index in [4.69, 9.17) is 60.7 Å². The molecule has 150 valence electrons. The summed E-state index contributed by atoms with van der Waals surface area (Å²) < 4.78 is 12.0. The summed E-state index contributed by atoms with van der Waals surface area (Å²) in [7, 11) is 0. The van der Waals surface area contributed by atoms with Gasteiger partial charge in [0.1, 0.15) is 33.7 Å². The molecule has 0 aliphatic carbocycles. The summed E-state index contributed by atoms with van der Waals surface area (Å²) in [6.45, 7) is 5.18. The lowest BCUT2D eigenvalue weighted by Gasteiger charge is -2.16. The van der Waals surface area contributed by atoms with E-state index in [9.17, 15) is 0 Å². The minimum Gasteiger partial charge on any atom is -0.493 e. The molecule has 0 atom stereocenters. The molecule has 0 bridgehead atoms. The molecule has 0 fully saturated rings. The van der Waals surface area contributed by atoms with Crippen molar-refractivity contribution in [3.63, 3.8) is 0 Å². The lowest BCUT2D eigenvalue weighted by Crippen LogP contribution is -2.05. The highest BCUT2D eigenvalue weighted by Crippen LogP contribution is 2.31. The molecule has 0 saturated heterocycles. The van der Waals surface area contributed by atoms with Crippen LogP contribution in [0.4, 0.5) is 0 Å². The van der Waals surface area contributed by atoms with E-state index in [1.165, 1.54) is 6.08 Å². The number of nitrogens with zero attached hydrogens (tertiary/aromatic N) is 1. The van der Waals surface area contributed by atoms with E-state index >= 15 is 0 Å². The van der Waals surface area contributed by atoms with Gasteiger partial charge in [-0.15, -0.1) is 0 Å². The van der Waals surface area contributed by atoms with Gasteiger partial charge in [-0.05, 0) is 48.3 Å². The maximum absolute atomic E-state index is 5.98. The number of ether oxygens (including phenoxy) is 2. The lowest BCUT2D eigenvalue weighted by molar-refractivity contribution is 0.175. The largest absolute Gasteiger partial charge is 0.493 e. The smallest absolute Gasteiger partial charge is 0.138 e. The van der Waals surface area contributed by atoms with Crippen LogP contribution >= 0.6 is 46.4 Å². The quantitative estimate of drug-likeness (QED) is 0.203. The molecule has 0 heterocycles. The molecule has 1 rings (SSSR count). The van der Waals surface area contributed by atoms with Crippen LogP contribution in [0.2, 0.25) is 0 Å². The summed E-state index contributed by atoms with van der Waals surface area (Å²) in [5.41, 5.74) is 2.17. The lowest BCUT2D eigenvalue weighted by atomic mass is 10.0. The summed E-state index contributed by atoms with van der Waals surface area (Å²) in [5, 5.41) is 3.81. The molecule has 1 aromatic carbocycles. The second-order valence-corrected chi connectivity index (χ2v) is 7.31. The Morgan fingerprint density at radius 1 is 0.926 bits per heavy atom. The highest BCUT2D eigenvalue weighted by molar-refractivity contribution is 6.56. The molecule has 0 aliphatic rings. The Bertz CT molecular complexity index is 642. The average Bonchev–Trinajstić information content (AvgIpc) is 2.63. The second-order valence-electron chi connectivity index (χ2n) is 5.30. The first-order valence-corrected chi connectivity index (χ1v) is 10.1. The van der Waals surface area contributed by atoms with Crippen molar-refractivity contribution >= 4 is 52.6 Å². The van der Waals surface area contributed by atoms with Crippen molar-refractivity contribution < 1.29 is 14.3 Å². The Labute approximate surface area is 180 Å². The molecule has 0 aromatic heterocycles. The van der Waals surface area contributed by atoms with Gasteiger partial charge in [-0.25, -0.2) is 0 Å². The third-order valence-electron chi connectivity index (χ3n) is 3.42. The van der Waals surface area contributed by atoms with Crippen molar-refractivity contribution in [1.82, 2.24) is 0 Å². The van der Waals surface area contributed by atoms with Crippen molar-refractivity contribution in [2.24, 2.45) is 5.16 Å². The Balaban J connectivity index is 2.64. The summed E-state index contributed by atoms with van der Waals surface area (Å²) in [5.74, 6) is 1.66. The first-order chi connectivity index (χ1) is 13.0. The zero-order valence-corrected chi connectivity index (χ0v) is 18.3. The Hall–Kier alpha value is -1.07. The third-order valence-corrected chi connectivity index (χ3v) is 4.04. The minimum atomic E-state index is 0.155. The molecule has 8 heteroatoms. The molecule has 1 aromatic rings. The van der Waals surface area contributed by atoms with Crippen molar-refractivity contribution in [3.8, 4) is 11.5 Å². The van der Waals surface area contributed by atoms with Crippen LogP contribution in [-0.2, 0) is 17.7 Å². The highest BCUT2D eigenvalue weighted by atomic mass is 35.5. The van der Waals surface area contributed by atoms with Crippen LogP contribution in [0.1, 0.15) is 31.4 Å². The fourth-order valence-electron chi connectivity index (χ4n) is 2.18. The molecule has 0 N–H and O–H groups in total. The summed E-state index contributed by atoms with van der Waals surface area (Å²) >= 11 is 22.1. The van der Waals surface area contributed by atoms with Gasteiger partial charge in [-0.3, -0.25) is 0 Å². The van der Waals surface area contributed by atoms with Crippen molar-refractivity contribution in [1.29, 1.82) is 0 Å². The van der Waals surface area contributed by atoms with Gasteiger partial charge in [-0.2, -0.15) is 0 Å². The normalized spacial score (nSPS) is 10.6. The SMILES string of the molecule is CCc1cc(OCC=C(Cl)Cl)cc(CC)c1OCC/C=N/OCC=C(Cl)Cl. The Kier molecular flexibility index (Phi) is 12.4. The maximum atomic E-state index is 5.98. The third kappa shape index (κ3) is 10.2. The van der Waals surface area contributed by atoms with E-state index in [0.29, 0.717) is 19.6 Å². The van der Waals surface area contributed by atoms with Gasteiger partial charge in [-0.1, -0.05) is 65.4 Å². The molecule has 0 saturated carbocycles. The molecule has 0 radical (unpaired) electrons. The van der Waals surface area contributed by atoms with Gasteiger partial charge in [0.05, 0.1) is 6.61 Å². The van der Waals surface area contributed by atoms with Crippen LogP contribution in [0.15, 0.2) is 38.4 Å². The zero-order chi connectivity index (χ0) is 20.1. The maximum Gasteiger partial charge on any atom is 0.138 e. The predicted molar refractivity (Wildman–Crippen MR) is 115 cm³/mol. The number of aryl methyl sites for hydroxylation is 2. The molecule has 0 aliphatic heterocycles. The van der Waals surface area contributed by atoms with Crippen molar-refractivity contribution in [3.05, 3.63) is 44.4 Å². The van der Waals surface area contributed by atoms with E-state index in [-0.39, 0.29) is 15.6 Å². The number of rotatable bonds is 12. The molecule has 0 unspecified atom stereocenters. The summed E-state index contributed by atoms with van der Waals surface area (Å²) in [6, 6.07) is 3.95. The molecular formula is C19H23Cl4NO3. The van der Waals surface area contributed by atoms with E-state index in [1.807, 2.05) is 12.1 Å². The van der Waals surface area contributed by atoms with Gasteiger partial charge < -0.3 is 14.3 Å². The van der Waals surface area contributed by atoms with Crippen molar-refractivity contribution in [2.75, 3.05) is 19.8 Å². The fourth-order valence-corrected chi connectivity index (χ4v) is 2.43. The van der Waals surface area contributed by atoms with Gasteiger partial charge in [0.15, 0.2) is 0 Å². The number of oxime groups is 1. The van der Waals surface area contributed by atoms with Gasteiger partial charge in [0.2, 0.25) is 0 Å². The van der Waals surface area contributed by atoms with Gasteiger partial charge in [0, 0.05) is 12.6 Å². The summed E-state index contributed by atoms with van der Waals surface area (Å²) in [6.07, 6.45) is 7.03. The molecule has 27 heavy (non-hydrogen) atoms. The number of halogens is 4. The molecule has 0 spiro atoms. The minimum absolute atomic E-state index is 0.155. The predicted octanol–water partition coefficient (Wildman–Crippen LogP) is 6.60. The topological polar surface area (TPSA) is 40.0 Å². The van der Waals surface area contributed by atoms with Crippen LogP contribution < -0.4 is 9.47 Å². The zero-order valence-electron chi connectivity index (χ0n) is 15.3. The molecular weight excluding hydrogens is 432 g/mol. The fraction of sp³-hybridized carbons (Fsp3) is 0.421. The number of hydrogen-bond donors (Lipinski definition) is 0. The number of benzene rings is 1. The van der Waals surface area contributed by atoms with E-state index in [1.54, 1.807) is 12.3 Å². The standard InChI is InChI=1S/C19H23Cl4NO3/c1-3-14-12-16(25-10-6-17(20)21)13-15(4-2)19(14)26-9-5-8-24-27-11-7-18(22)23/h6-8,12-13H,3-5,9-11H2,1-2H3/b24-8+. The van der Waals surface area contributed by atoms with E-state index in [2.05, 4.69) is 19.0 Å². The van der Waals surface area contributed by atoms with Crippen LogP contribution in [0.5, 0.6) is 11.5 Å². The first-order valence-electron chi connectivity index (χ1n) is 8.55. The highest BCUT2D eigenvalue weighted by Gasteiger charge is 2.11.